The maximum atomic E-state index is 13.4. The highest BCUT2D eigenvalue weighted by Crippen LogP contribution is 2.50. The molecule has 5 nitrogen and oxygen atoms in total. The van der Waals surface area contributed by atoms with E-state index in [1.807, 2.05) is 56.3 Å². The van der Waals surface area contributed by atoms with Crippen molar-refractivity contribution in [2.75, 3.05) is 18.4 Å². The van der Waals surface area contributed by atoms with Crippen LogP contribution in [0.5, 0.6) is 5.75 Å². The highest BCUT2D eigenvalue weighted by molar-refractivity contribution is 7.89. The van der Waals surface area contributed by atoms with Crippen LogP contribution in [0.4, 0.5) is 5.69 Å². The molecule has 0 amide bonds. The molecule has 5 rings (SSSR count). The molecule has 3 aromatic rings. The van der Waals surface area contributed by atoms with Crippen molar-refractivity contribution in [3.8, 4) is 5.75 Å². The summed E-state index contributed by atoms with van der Waals surface area (Å²) in [6, 6.07) is 24.3. The number of hydrogen-bond acceptors (Lipinski definition) is 4. The molecule has 6 heteroatoms. The average Bonchev–Trinajstić information content (AvgIpc) is 3.42. The fourth-order valence-corrected chi connectivity index (χ4v) is 7.24. The zero-order valence-electron chi connectivity index (χ0n) is 21.6. The van der Waals surface area contributed by atoms with Crippen molar-refractivity contribution in [1.82, 2.24) is 4.31 Å². The van der Waals surface area contributed by atoms with E-state index in [2.05, 4.69) is 41.7 Å². The second-order valence-corrected chi connectivity index (χ2v) is 11.9. The summed E-state index contributed by atoms with van der Waals surface area (Å²) in [6.45, 7) is 5.67. The Morgan fingerprint density at radius 3 is 2.38 bits per heavy atom. The molecule has 194 valence electrons. The van der Waals surface area contributed by atoms with Gasteiger partial charge in [0, 0.05) is 24.7 Å². The molecular weight excluding hydrogens is 480 g/mol. The number of allylic oxidation sites excluding steroid dienone is 2. The molecule has 0 bridgehead atoms. The lowest BCUT2D eigenvalue weighted by atomic mass is 9.77. The van der Waals surface area contributed by atoms with Gasteiger partial charge in [0.25, 0.3) is 0 Å². The minimum Gasteiger partial charge on any atom is -0.489 e. The first-order valence-corrected chi connectivity index (χ1v) is 14.8. The fraction of sp³-hybridized carbons (Fsp3) is 0.355. The molecule has 0 radical (unpaired) electrons. The van der Waals surface area contributed by atoms with Gasteiger partial charge in [-0.2, -0.15) is 4.31 Å². The lowest BCUT2D eigenvalue weighted by Gasteiger charge is -2.38. The van der Waals surface area contributed by atoms with Crippen molar-refractivity contribution in [2.45, 2.75) is 56.6 Å². The van der Waals surface area contributed by atoms with Gasteiger partial charge in [-0.05, 0) is 72.2 Å². The normalized spacial score (nSPS) is 20.4. The van der Waals surface area contributed by atoms with Gasteiger partial charge in [0.15, 0.2) is 0 Å². The summed E-state index contributed by atoms with van der Waals surface area (Å²) in [5.74, 6) is 1.38. The van der Waals surface area contributed by atoms with E-state index in [-0.39, 0.29) is 12.0 Å². The van der Waals surface area contributed by atoms with Gasteiger partial charge in [-0.15, -0.1) is 0 Å². The lowest BCUT2D eigenvalue weighted by molar-refractivity contribution is 0.306. The molecule has 3 unspecified atom stereocenters. The SMILES string of the molecule is CCCN(CCC)S(=O)(=O)c1ccc2c(c1)C1C=CCC1C(c1ccc(OCc3ccccc3)cc1)N2. The molecule has 0 spiro atoms. The van der Waals surface area contributed by atoms with Crippen LogP contribution in [0.2, 0.25) is 0 Å². The summed E-state index contributed by atoms with van der Waals surface area (Å²) in [7, 11) is -3.52. The molecule has 2 aliphatic rings. The molecule has 1 N–H and O–H groups in total. The van der Waals surface area contributed by atoms with Crippen molar-refractivity contribution in [3.05, 3.63) is 102 Å². The van der Waals surface area contributed by atoms with Gasteiger partial charge in [-0.3, -0.25) is 0 Å². The first-order valence-electron chi connectivity index (χ1n) is 13.3. The van der Waals surface area contributed by atoms with Crippen LogP contribution in [-0.4, -0.2) is 25.8 Å². The van der Waals surface area contributed by atoms with E-state index in [4.69, 9.17) is 4.74 Å². The van der Waals surface area contributed by atoms with Gasteiger partial charge < -0.3 is 10.1 Å². The van der Waals surface area contributed by atoms with Crippen LogP contribution in [0, 0.1) is 5.92 Å². The van der Waals surface area contributed by atoms with E-state index in [9.17, 15) is 8.42 Å². The molecular formula is C31H36N2O3S. The van der Waals surface area contributed by atoms with Crippen LogP contribution in [0.15, 0.2) is 89.8 Å². The molecule has 0 fully saturated rings. The average molecular weight is 517 g/mol. The predicted octanol–water partition coefficient (Wildman–Crippen LogP) is 6.90. The van der Waals surface area contributed by atoms with Crippen LogP contribution in [0.25, 0.3) is 0 Å². The Morgan fingerprint density at radius 2 is 1.68 bits per heavy atom. The molecule has 0 saturated heterocycles. The van der Waals surface area contributed by atoms with Crippen molar-refractivity contribution < 1.29 is 13.2 Å². The van der Waals surface area contributed by atoms with Crippen molar-refractivity contribution in [2.24, 2.45) is 5.92 Å². The lowest BCUT2D eigenvalue weighted by Crippen LogP contribution is -2.33. The Balaban J connectivity index is 1.36. The van der Waals surface area contributed by atoms with E-state index in [1.165, 1.54) is 5.56 Å². The summed E-state index contributed by atoms with van der Waals surface area (Å²) >= 11 is 0. The van der Waals surface area contributed by atoms with E-state index in [0.717, 1.165) is 41.8 Å². The first kappa shape index (κ1) is 25.6. The summed E-state index contributed by atoms with van der Waals surface area (Å²) in [5.41, 5.74) is 4.45. The van der Waals surface area contributed by atoms with Gasteiger partial charge in [0.1, 0.15) is 12.4 Å². The number of nitrogens with one attached hydrogen (secondary N) is 1. The monoisotopic (exact) mass is 516 g/mol. The Bertz CT molecular complexity index is 1330. The van der Waals surface area contributed by atoms with Crippen molar-refractivity contribution in [3.63, 3.8) is 0 Å². The number of hydrogen-bond donors (Lipinski definition) is 1. The van der Waals surface area contributed by atoms with Gasteiger partial charge in [0.2, 0.25) is 10.0 Å². The van der Waals surface area contributed by atoms with Gasteiger partial charge in [0.05, 0.1) is 10.9 Å². The summed E-state index contributed by atoms with van der Waals surface area (Å²) in [4.78, 5) is 0.396. The maximum absolute atomic E-state index is 13.4. The molecule has 1 heterocycles. The summed E-state index contributed by atoms with van der Waals surface area (Å²) in [6.07, 6.45) is 7.05. The van der Waals surface area contributed by atoms with Crippen LogP contribution in [0.1, 0.15) is 61.8 Å². The number of anilines is 1. The zero-order valence-corrected chi connectivity index (χ0v) is 22.5. The highest BCUT2D eigenvalue weighted by Gasteiger charge is 2.38. The topological polar surface area (TPSA) is 58.6 Å². The van der Waals surface area contributed by atoms with Crippen molar-refractivity contribution >= 4 is 15.7 Å². The second kappa shape index (κ2) is 11.1. The number of nitrogens with zero attached hydrogens (tertiary/aromatic N) is 1. The zero-order chi connectivity index (χ0) is 25.8. The molecule has 1 aliphatic carbocycles. The molecule has 0 saturated carbocycles. The number of ether oxygens (including phenoxy) is 1. The van der Waals surface area contributed by atoms with Gasteiger partial charge in [-0.1, -0.05) is 68.5 Å². The minimum atomic E-state index is -3.52. The standard InChI is InChI=1S/C31H36N2O3S/c1-3-19-33(20-4-2)37(34,35)26-17-18-30-29(21-26)27-11-8-12-28(27)31(32-30)24-13-15-25(16-14-24)36-22-23-9-6-5-7-10-23/h5-11,13-18,21,27-28,31-32H,3-4,12,19-20,22H2,1-2H3. The van der Waals surface area contributed by atoms with E-state index < -0.39 is 10.0 Å². The Hall–Kier alpha value is -3.09. The van der Waals surface area contributed by atoms with E-state index >= 15 is 0 Å². The van der Waals surface area contributed by atoms with Crippen molar-refractivity contribution in [1.29, 1.82) is 0 Å². The van der Waals surface area contributed by atoms with Crippen LogP contribution >= 0.6 is 0 Å². The molecule has 3 aromatic carbocycles. The van der Waals surface area contributed by atoms with Gasteiger partial charge >= 0.3 is 0 Å². The maximum Gasteiger partial charge on any atom is 0.243 e. The Kier molecular flexibility index (Phi) is 7.68. The van der Waals surface area contributed by atoms with E-state index in [1.54, 1.807) is 10.4 Å². The third-order valence-electron chi connectivity index (χ3n) is 7.41. The summed E-state index contributed by atoms with van der Waals surface area (Å²) in [5, 5.41) is 3.73. The van der Waals surface area contributed by atoms with Crippen LogP contribution in [0.3, 0.4) is 0 Å². The largest absolute Gasteiger partial charge is 0.489 e. The highest BCUT2D eigenvalue weighted by atomic mass is 32.2. The molecule has 0 aromatic heterocycles. The fourth-order valence-electron chi connectivity index (χ4n) is 5.58. The van der Waals surface area contributed by atoms with Crippen LogP contribution < -0.4 is 10.1 Å². The molecule has 3 atom stereocenters. The number of fused-ring (bicyclic) bond motifs is 3. The molecule has 1 aliphatic heterocycles. The molecule has 37 heavy (non-hydrogen) atoms. The predicted molar refractivity (Wildman–Crippen MR) is 149 cm³/mol. The number of rotatable bonds is 10. The number of benzene rings is 3. The minimum absolute atomic E-state index is 0.148. The Labute approximate surface area is 221 Å². The summed E-state index contributed by atoms with van der Waals surface area (Å²) < 4.78 is 34.5. The first-order chi connectivity index (χ1) is 18.0. The third-order valence-corrected chi connectivity index (χ3v) is 9.30. The van der Waals surface area contributed by atoms with E-state index in [0.29, 0.717) is 30.5 Å². The van der Waals surface area contributed by atoms with Gasteiger partial charge in [-0.25, -0.2) is 8.42 Å². The van der Waals surface area contributed by atoms with Crippen LogP contribution in [-0.2, 0) is 16.6 Å². The quantitative estimate of drug-likeness (QED) is 0.298. The number of sulfonamides is 1. The Morgan fingerprint density at radius 1 is 0.946 bits per heavy atom. The third kappa shape index (κ3) is 5.32. The smallest absolute Gasteiger partial charge is 0.243 e. The second-order valence-electron chi connectivity index (χ2n) is 9.97.